The number of hydrogen-bond donors (Lipinski definition) is 0. The van der Waals surface area contributed by atoms with Gasteiger partial charge in [-0.25, -0.2) is 4.39 Å². The van der Waals surface area contributed by atoms with Gasteiger partial charge in [-0.15, -0.1) is 0 Å². The lowest BCUT2D eigenvalue weighted by atomic mass is 10.2. The molecule has 0 unspecified atom stereocenters. The molecule has 3 heteroatoms. The largest absolute Gasteiger partial charge is 0.374 e. The van der Waals surface area contributed by atoms with Crippen LogP contribution in [0, 0.1) is 23.1 Å². The third-order valence-electron chi connectivity index (χ3n) is 2.74. The van der Waals surface area contributed by atoms with Crippen LogP contribution in [0.4, 0.5) is 10.1 Å². The topological polar surface area (TPSA) is 27.0 Å². The van der Waals surface area contributed by atoms with Crippen LogP contribution in [0.5, 0.6) is 0 Å². The van der Waals surface area contributed by atoms with Gasteiger partial charge in [-0.05, 0) is 37.0 Å². The second kappa shape index (κ2) is 3.90. The van der Waals surface area contributed by atoms with Crippen molar-refractivity contribution in [3.8, 4) is 6.07 Å². The number of nitrogens with zero attached hydrogens (tertiary/aromatic N) is 2. The molecule has 0 atom stereocenters. The molecule has 1 aliphatic carbocycles. The Morgan fingerprint density at radius 1 is 1.53 bits per heavy atom. The van der Waals surface area contributed by atoms with Gasteiger partial charge in [0.1, 0.15) is 11.9 Å². The van der Waals surface area contributed by atoms with Gasteiger partial charge in [-0.1, -0.05) is 0 Å². The zero-order valence-corrected chi connectivity index (χ0v) is 8.70. The van der Waals surface area contributed by atoms with Crippen LogP contribution in [0.15, 0.2) is 18.2 Å². The summed E-state index contributed by atoms with van der Waals surface area (Å²) in [5.41, 5.74) is 0.956. The number of halogens is 1. The second-order valence-electron chi connectivity index (χ2n) is 4.10. The first kappa shape index (κ1) is 9.97. The molecule has 0 N–H and O–H groups in total. The maximum Gasteiger partial charge on any atom is 0.143 e. The van der Waals surface area contributed by atoms with E-state index in [1.807, 2.05) is 18.0 Å². The Kier molecular flexibility index (Phi) is 2.59. The Morgan fingerprint density at radius 3 is 2.80 bits per heavy atom. The minimum absolute atomic E-state index is 0.110. The van der Waals surface area contributed by atoms with Gasteiger partial charge in [-0.3, -0.25) is 0 Å². The predicted molar refractivity (Wildman–Crippen MR) is 57.1 cm³/mol. The molecule has 1 fully saturated rings. The molecule has 2 nitrogen and oxygen atoms in total. The minimum atomic E-state index is -0.433. The quantitative estimate of drug-likeness (QED) is 0.756. The van der Waals surface area contributed by atoms with Crippen LogP contribution < -0.4 is 4.90 Å². The van der Waals surface area contributed by atoms with Crippen molar-refractivity contribution in [2.24, 2.45) is 5.92 Å². The van der Waals surface area contributed by atoms with Gasteiger partial charge in [0.2, 0.25) is 0 Å². The summed E-state index contributed by atoms with van der Waals surface area (Å²) in [5, 5.41) is 8.60. The maximum absolute atomic E-state index is 13.3. The van der Waals surface area contributed by atoms with Gasteiger partial charge in [0.25, 0.3) is 0 Å². The molecule has 0 aliphatic heterocycles. The molecule has 0 spiro atoms. The van der Waals surface area contributed by atoms with Crippen molar-refractivity contribution in [3.63, 3.8) is 0 Å². The van der Waals surface area contributed by atoms with Crippen LogP contribution in [0.1, 0.15) is 18.4 Å². The fourth-order valence-electron chi connectivity index (χ4n) is 1.63. The van der Waals surface area contributed by atoms with Crippen LogP contribution in [0.2, 0.25) is 0 Å². The van der Waals surface area contributed by atoms with Crippen LogP contribution >= 0.6 is 0 Å². The van der Waals surface area contributed by atoms with Gasteiger partial charge in [0.15, 0.2) is 0 Å². The van der Waals surface area contributed by atoms with E-state index in [1.165, 1.54) is 25.0 Å². The average Bonchev–Trinajstić information content (AvgIpc) is 3.01. The summed E-state index contributed by atoms with van der Waals surface area (Å²) in [4.78, 5) is 2.04. The fraction of sp³-hybridized carbons (Fsp3) is 0.417. The third-order valence-corrected chi connectivity index (χ3v) is 2.74. The second-order valence-corrected chi connectivity index (χ2v) is 4.10. The van der Waals surface area contributed by atoms with E-state index in [9.17, 15) is 4.39 Å². The molecule has 0 bridgehead atoms. The Labute approximate surface area is 88.9 Å². The summed E-state index contributed by atoms with van der Waals surface area (Å²) in [7, 11) is 1.96. The number of benzene rings is 1. The standard InChI is InChI=1S/C12H13FN2/c1-15(8-9-2-3-9)11-5-4-10(7-14)12(13)6-11/h4-6,9H,2-3,8H2,1H3. The summed E-state index contributed by atoms with van der Waals surface area (Å²) < 4.78 is 13.3. The first-order valence-corrected chi connectivity index (χ1v) is 5.11. The van der Waals surface area contributed by atoms with E-state index in [0.717, 1.165) is 18.2 Å². The van der Waals surface area contributed by atoms with E-state index in [1.54, 1.807) is 6.07 Å². The normalized spacial score (nSPS) is 14.7. The van der Waals surface area contributed by atoms with Gasteiger partial charge in [-0.2, -0.15) is 5.26 Å². The number of anilines is 1. The molecule has 0 aromatic heterocycles. The van der Waals surface area contributed by atoms with Crippen molar-refractivity contribution >= 4 is 5.69 Å². The summed E-state index contributed by atoms with van der Waals surface area (Å²) in [6.07, 6.45) is 2.56. The highest BCUT2D eigenvalue weighted by molar-refractivity contribution is 5.50. The third kappa shape index (κ3) is 2.27. The number of rotatable bonds is 3. The van der Waals surface area contributed by atoms with E-state index in [2.05, 4.69) is 0 Å². The first-order valence-electron chi connectivity index (χ1n) is 5.11. The van der Waals surface area contributed by atoms with Crippen molar-refractivity contribution in [2.75, 3.05) is 18.5 Å². The minimum Gasteiger partial charge on any atom is -0.374 e. The van der Waals surface area contributed by atoms with Gasteiger partial charge < -0.3 is 4.90 Å². The Morgan fingerprint density at radius 2 is 2.27 bits per heavy atom. The molecular formula is C12H13FN2. The number of nitriles is 1. The van der Waals surface area contributed by atoms with Gasteiger partial charge in [0.05, 0.1) is 5.56 Å². The van der Waals surface area contributed by atoms with Crippen LogP contribution in [-0.4, -0.2) is 13.6 Å². The zero-order chi connectivity index (χ0) is 10.8. The van der Waals surface area contributed by atoms with E-state index >= 15 is 0 Å². The van der Waals surface area contributed by atoms with Crippen LogP contribution in [-0.2, 0) is 0 Å². The average molecular weight is 204 g/mol. The number of hydrogen-bond acceptors (Lipinski definition) is 2. The fourth-order valence-corrected chi connectivity index (χ4v) is 1.63. The van der Waals surface area contributed by atoms with E-state index in [-0.39, 0.29) is 5.56 Å². The predicted octanol–water partition coefficient (Wildman–Crippen LogP) is 2.54. The Hall–Kier alpha value is -1.56. The highest BCUT2D eigenvalue weighted by Gasteiger charge is 2.23. The first-order chi connectivity index (χ1) is 7.20. The highest BCUT2D eigenvalue weighted by atomic mass is 19.1. The molecule has 78 valence electrons. The Balaban J connectivity index is 2.14. The van der Waals surface area contributed by atoms with E-state index < -0.39 is 5.82 Å². The molecule has 0 radical (unpaired) electrons. The lowest BCUT2D eigenvalue weighted by Crippen LogP contribution is -2.19. The van der Waals surface area contributed by atoms with Crippen molar-refractivity contribution in [1.29, 1.82) is 5.26 Å². The van der Waals surface area contributed by atoms with Crippen molar-refractivity contribution in [2.45, 2.75) is 12.8 Å². The zero-order valence-electron chi connectivity index (χ0n) is 8.70. The van der Waals surface area contributed by atoms with Crippen LogP contribution in [0.3, 0.4) is 0 Å². The molecule has 0 amide bonds. The summed E-state index contributed by atoms with van der Waals surface area (Å²) in [6, 6.07) is 6.58. The summed E-state index contributed by atoms with van der Waals surface area (Å²) in [6.45, 7) is 0.978. The molecule has 0 saturated heterocycles. The van der Waals surface area contributed by atoms with Crippen molar-refractivity contribution < 1.29 is 4.39 Å². The molecular weight excluding hydrogens is 191 g/mol. The lowest BCUT2D eigenvalue weighted by Gasteiger charge is -2.19. The summed E-state index contributed by atoms with van der Waals surface area (Å²) >= 11 is 0. The van der Waals surface area contributed by atoms with E-state index in [0.29, 0.717) is 0 Å². The monoisotopic (exact) mass is 204 g/mol. The smallest absolute Gasteiger partial charge is 0.143 e. The molecule has 1 aromatic rings. The van der Waals surface area contributed by atoms with E-state index in [4.69, 9.17) is 5.26 Å². The highest BCUT2D eigenvalue weighted by Crippen LogP contribution is 2.31. The maximum atomic E-state index is 13.3. The molecule has 1 aliphatic rings. The SMILES string of the molecule is CN(CC1CC1)c1ccc(C#N)c(F)c1. The molecule has 1 saturated carbocycles. The molecule has 1 aromatic carbocycles. The Bertz CT molecular complexity index is 405. The van der Waals surface area contributed by atoms with Crippen LogP contribution in [0.25, 0.3) is 0 Å². The van der Waals surface area contributed by atoms with Gasteiger partial charge >= 0.3 is 0 Å². The molecule has 15 heavy (non-hydrogen) atoms. The summed E-state index contributed by atoms with van der Waals surface area (Å²) in [5.74, 6) is 0.339. The van der Waals surface area contributed by atoms with Crippen molar-refractivity contribution in [1.82, 2.24) is 0 Å². The van der Waals surface area contributed by atoms with Crippen molar-refractivity contribution in [3.05, 3.63) is 29.6 Å². The van der Waals surface area contributed by atoms with Gasteiger partial charge in [0, 0.05) is 19.3 Å². The molecule has 0 heterocycles. The molecule has 2 rings (SSSR count). The lowest BCUT2D eigenvalue weighted by molar-refractivity contribution is 0.623.